The van der Waals surface area contributed by atoms with Crippen molar-refractivity contribution in [3.05, 3.63) is 0 Å². The van der Waals surface area contributed by atoms with E-state index in [-0.39, 0.29) is 12.1 Å². The van der Waals surface area contributed by atoms with Crippen molar-refractivity contribution in [2.75, 3.05) is 33.7 Å². The fourth-order valence-corrected chi connectivity index (χ4v) is 2.40. The van der Waals surface area contributed by atoms with Gasteiger partial charge in [0.05, 0.1) is 0 Å². The number of carbonyl (C=O) groups is 1. The number of likely N-dealkylation sites (tertiary alicyclic amines) is 1. The summed E-state index contributed by atoms with van der Waals surface area (Å²) in [5.41, 5.74) is 0. The van der Waals surface area contributed by atoms with E-state index >= 15 is 0 Å². The minimum absolute atomic E-state index is 0.0955. The van der Waals surface area contributed by atoms with Gasteiger partial charge in [-0.05, 0) is 27.4 Å². The molecule has 1 fully saturated rings. The minimum atomic E-state index is -0.157. The van der Waals surface area contributed by atoms with Gasteiger partial charge in [-0.1, -0.05) is 6.92 Å². The third kappa shape index (κ3) is 4.64. The summed E-state index contributed by atoms with van der Waals surface area (Å²) in [4.78, 5) is 15.7. The van der Waals surface area contributed by atoms with Crippen LogP contribution >= 0.6 is 0 Å². The topological polar surface area (TPSA) is 32.8 Å². The lowest BCUT2D eigenvalue weighted by Crippen LogP contribution is -2.50. The Balaban J connectivity index is 2.45. The zero-order valence-corrected chi connectivity index (χ0v) is 11.8. The van der Waals surface area contributed by atoms with Crippen LogP contribution in [0.3, 0.4) is 0 Å². The molecule has 17 heavy (non-hydrogen) atoms. The average molecular weight is 242 g/mol. The second-order valence-electron chi connectivity index (χ2n) is 5.51. The molecule has 3 atom stereocenters. The number of ether oxygens (including phenoxy) is 1. The molecule has 0 aromatic carbocycles. The monoisotopic (exact) mass is 242 g/mol. The van der Waals surface area contributed by atoms with Gasteiger partial charge in [0.25, 0.3) is 0 Å². The van der Waals surface area contributed by atoms with E-state index in [4.69, 9.17) is 4.74 Å². The first-order valence-electron chi connectivity index (χ1n) is 6.46. The molecule has 4 nitrogen and oxygen atoms in total. The lowest BCUT2D eigenvalue weighted by Gasteiger charge is -2.41. The first-order chi connectivity index (χ1) is 7.90. The van der Waals surface area contributed by atoms with E-state index in [1.54, 1.807) is 0 Å². The Kier molecular flexibility index (Phi) is 5.40. The average Bonchev–Trinajstić information content (AvgIpc) is 2.20. The van der Waals surface area contributed by atoms with E-state index < -0.39 is 0 Å². The van der Waals surface area contributed by atoms with Crippen LogP contribution in [0.25, 0.3) is 0 Å². The smallest absolute Gasteiger partial charge is 0.302 e. The molecule has 0 aliphatic carbocycles. The molecule has 1 heterocycles. The molecule has 4 heteroatoms. The van der Waals surface area contributed by atoms with Crippen molar-refractivity contribution >= 4 is 5.97 Å². The molecule has 0 saturated carbocycles. The maximum Gasteiger partial charge on any atom is 0.302 e. The van der Waals surface area contributed by atoms with Crippen molar-refractivity contribution in [3.63, 3.8) is 0 Å². The second kappa shape index (κ2) is 6.36. The summed E-state index contributed by atoms with van der Waals surface area (Å²) in [7, 11) is 4.19. The second-order valence-corrected chi connectivity index (χ2v) is 5.51. The molecule has 0 aromatic rings. The number of nitrogens with zero attached hydrogens (tertiary/aromatic N) is 2. The van der Waals surface area contributed by atoms with Crippen LogP contribution in [-0.2, 0) is 9.53 Å². The Morgan fingerprint density at radius 2 is 2.06 bits per heavy atom. The van der Waals surface area contributed by atoms with E-state index in [2.05, 4.69) is 37.7 Å². The first kappa shape index (κ1) is 14.5. The maximum absolute atomic E-state index is 11.0. The largest absolute Gasteiger partial charge is 0.462 e. The maximum atomic E-state index is 11.0. The highest BCUT2D eigenvalue weighted by atomic mass is 16.5. The summed E-state index contributed by atoms with van der Waals surface area (Å²) < 4.78 is 5.37. The molecule has 1 aliphatic heterocycles. The molecule has 3 unspecified atom stereocenters. The molecular weight excluding hydrogens is 216 g/mol. The zero-order valence-electron chi connectivity index (χ0n) is 11.8. The number of rotatable bonds is 4. The van der Waals surface area contributed by atoms with Crippen LogP contribution in [0.15, 0.2) is 0 Å². The Morgan fingerprint density at radius 1 is 1.41 bits per heavy atom. The van der Waals surface area contributed by atoms with Gasteiger partial charge in [0.2, 0.25) is 0 Å². The van der Waals surface area contributed by atoms with Gasteiger partial charge in [0.1, 0.15) is 6.10 Å². The number of likely N-dealkylation sites (N-methyl/N-ethyl adjacent to an activating group) is 1. The third-order valence-corrected chi connectivity index (χ3v) is 3.51. The van der Waals surface area contributed by atoms with Crippen LogP contribution in [0.1, 0.15) is 27.2 Å². The molecule has 0 N–H and O–H groups in total. The van der Waals surface area contributed by atoms with E-state index in [0.717, 1.165) is 26.1 Å². The molecule has 0 spiro atoms. The van der Waals surface area contributed by atoms with Gasteiger partial charge in [0, 0.05) is 38.5 Å². The normalized spacial score (nSPS) is 30.6. The number of carbonyl (C=O) groups excluding carboxylic acids is 1. The molecule has 1 aliphatic rings. The summed E-state index contributed by atoms with van der Waals surface area (Å²) in [6.45, 7) is 9.07. The van der Waals surface area contributed by atoms with Crippen molar-refractivity contribution in [3.8, 4) is 0 Å². The minimum Gasteiger partial charge on any atom is -0.462 e. The Hall–Kier alpha value is -0.610. The third-order valence-electron chi connectivity index (χ3n) is 3.51. The number of hydrogen-bond donors (Lipinski definition) is 0. The number of hydrogen-bond acceptors (Lipinski definition) is 4. The number of esters is 1. The predicted octanol–water partition coefficient (Wildman–Crippen LogP) is 1.21. The lowest BCUT2D eigenvalue weighted by atomic mass is 9.91. The van der Waals surface area contributed by atoms with Gasteiger partial charge in [-0.25, -0.2) is 0 Å². The van der Waals surface area contributed by atoms with Crippen LogP contribution in [0.5, 0.6) is 0 Å². The van der Waals surface area contributed by atoms with E-state index in [1.807, 2.05) is 0 Å². The Morgan fingerprint density at radius 3 is 2.59 bits per heavy atom. The molecule has 0 bridgehead atoms. The van der Waals surface area contributed by atoms with Crippen LogP contribution < -0.4 is 0 Å². The molecular formula is C13H26N2O2. The fourth-order valence-electron chi connectivity index (χ4n) is 2.40. The van der Waals surface area contributed by atoms with Crippen LogP contribution in [-0.4, -0.2) is 61.6 Å². The Labute approximate surface area is 105 Å². The van der Waals surface area contributed by atoms with Gasteiger partial charge >= 0.3 is 5.97 Å². The van der Waals surface area contributed by atoms with Crippen molar-refractivity contribution in [1.82, 2.24) is 9.80 Å². The highest BCUT2D eigenvalue weighted by Crippen LogP contribution is 2.24. The molecule has 0 amide bonds. The summed E-state index contributed by atoms with van der Waals surface area (Å²) in [5.74, 6) is 0.271. The fraction of sp³-hybridized carbons (Fsp3) is 0.923. The van der Waals surface area contributed by atoms with Gasteiger partial charge in [-0.3, -0.25) is 9.69 Å². The van der Waals surface area contributed by atoms with Crippen LogP contribution in [0.4, 0.5) is 0 Å². The zero-order chi connectivity index (χ0) is 13.0. The highest BCUT2D eigenvalue weighted by Gasteiger charge is 2.32. The van der Waals surface area contributed by atoms with Crippen molar-refractivity contribution in [2.45, 2.75) is 39.3 Å². The van der Waals surface area contributed by atoms with Gasteiger partial charge in [-0.15, -0.1) is 0 Å². The molecule has 0 radical (unpaired) electrons. The standard InChI is InChI=1S/C13H26N2O2/c1-10-9-15(7-6-14(4)5)11(2)8-13(10)17-12(3)16/h10-11,13H,6-9H2,1-5H3. The summed E-state index contributed by atoms with van der Waals surface area (Å²) in [6, 6.07) is 0.496. The summed E-state index contributed by atoms with van der Waals surface area (Å²) in [5, 5.41) is 0. The number of piperidine rings is 1. The molecule has 0 aromatic heterocycles. The van der Waals surface area contributed by atoms with Gasteiger partial charge in [0.15, 0.2) is 0 Å². The summed E-state index contributed by atoms with van der Waals surface area (Å²) >= 11 is 0. The molecule has 100 valence electrons. The SMILES string of the molecule is CC(=O)OC1CC(C)N(CCN(C)C)CC1C. The lowest BCUT2D eigenvalue weighted by molar-refractivity contribution is -0.153. The van der Waals surface area contributed by atoms with E-state index in [0.29, 0.717) is 12.0 Å². The van der Waals surface area contributed by atoms with Crippen molar-refractivity contribution < 1.29 is 9.53 Å². The predicted molar refractivity (Wildman–Crippen MR) is 68.9 cm³/mol. The van der Waals surface area contributed by atoms with Gasteiger partial charge in [-0.2, -0.15) is 0 Å². The quantitative estimate of drug-likeness (QED) is 0.694. The van der Waals surface area contributed by atoms with E-state index in [1.165, 1.54) is 6.92 Å². The van der Waals surface area contributed by atoms with Gasteiger partial charge < -0.3 is 9.64 Å². The first-order valence-corrected chi connectivity index (χ1v) is 6.46. The van der Waals surface area contributed by atoms with Crippen LogP contribution in [0, 0.1) is 5.92 Å². The van der Waals surface area contributed by atoms with Crippen LogP contribution in [0.2, 0.25) is 0 Å². The Bertz CT molecular complexity index is 256. The highest BCUT2D eigenvalue weighted by molar-refractivity contribution is 5.66. The molecule has 1 rings (SSSR count). The van der Waals surface area contributed by atoms with Crippen molar-refractivity contribution in [1.29, 1.82) is 0 Å². The van der Waals surface area contributed by atoms with E-state index in [9.17, 15) is 4.79 Å². The van der Waals surface area contributed by atoms with Crippen molar-refractivity contribution in [2.24, 2.45) is 5.92 Å². The molecule has 1 saturated heterocycles. The summed E-state index contributed by atoms with van der Waals surface area (Å²) in [6.07, 6.45) is 1.05.